The maximum absolute atomic E-state index is 6.70. The lowest BCUT2D eigenvalue weighted by Gasteiger charge is -2.28. The van der Waals surface area contributed by atoms with Crippen LogP contribution in [0.5, 0.6) is 0 Å². The molecule has 11 rings (SSSR count). The van der Waals surface area contributed by atoms with Crippen molar-refractivity contribution in [3.8, 4) is 0 Å². The van der Waals surface area contributed by atoms with Crippen LogP contribution in [0.3, 0.4) is 0 Å². The summed E-state index contributed by atoms with van der Waals surface area (Å²) in [5.41, 5.74) is 20.5. The second-order valence-electron chi connectivity index (χ2n) is 17.5. The monoisotopic (exact) mass is 804 g/mol. The van der Waals surface area contributed by atoms with Gasteiger partial charge in [0.15, 0.2) is 0 Å². The highest BCUT2D eigenvalue weighted by molar-refractivity contribution is 6.18. The lowest BCUT2D eigenvalue weighted by atomic mass is 10.00. The van der Waals surface area contributed by atoms with Crippen molar-refractivity contribution in [1.29, 1.82) is 0 Å². The van der Waals surface area contributed by atoms with Crippen molar-refractivity contribution < 1.29 is 8.83 Å². The summed E-state index contributed by atoms with van der Waals surface area (Å²) < 4.78 is 13.4. The van der Waals surface area contributed by atoms with E-state index in [0.29, 0.717) is 0 Å². The maximum atomic E-state index is 6.70. The molecule has 0 saturated carbocycles. The molecule has 0 fully saturated rings. The molecule has 0 spiro atoms. The number of rotatable bonds is 6. The van der Waals surface area contributed by atoms with Crippen LogP contribution in [0, 0.1) is 55.4 Å². The fraction of sp³-hybridized carbons (Fsp3) is 0.138. The average Bonchev–Trinajstić information content (AvgIpc) is 3.80. The molecule has 0 N–H and O–H groups in total. The number of benzene rings is 9. The van der Waals surface area contributed by atoms with Crippen LogP contribution < -0.4 is 9.80 Å². The highest BCUT2D eigenvalue weighted by Crippen LogP contribution is 2.44. The van der Waals surface area contributed by atoms with Crippen molar-refractivity contribution in [1.82, 2.24) is 0 Å². The number of aryl methyl sites for hydroxylation is 4. The molecule has 0 saturated heterocycles. The highest BCUT2D eigenvalue weighted by atomic mass is 16.3. The fourth-order valence-electron chi connectivity index (χ4n) is 9.39. The van der Waals surface area contributed by atoms with Gasteiger partial charge < -0.3 is 18.6 Å². The molecular weight excluding hydrogens is 757 g/mol. The van der Waals surface area contributed by atoms with Crippen LogP contribution in [-0.2, 0) is 0 Å². The topological polar surface area (TPSA) is 32.8 Å². The third-order valence-electron chi connectivity index (χ3n) is 13.6. The van der Waals surface area contributed by atoms with E-state index in [1.807, 2.05) is 0 Å². The van der Waals surface area contributed by atoms with E-state index in [1.54, 1.807) is 0 Å². The minimum absolute atomic E-state index is 0.853. The van der Waals surface area contributed by atoms with Crippen molar-refractivity contribution in [2.75, 3.05) is 9.80 Å². The van der Waals surface area contributed by atoms with Gasteiger partial charge in [-0.25, -0.2) is 0 Å². The summed E-state index contributed by atoms with van der Waals surface area (Å²) in [6, 6.07) is 53.3. The van der Waals surface area contributed by atoms with Gasteiger partial charge >= 0.3 is 0 Å². The Bertz CT molecular complexity index is 3370. The van der Waals surface area contributed by atoms with Crippen LogP contribution >= 0.6 is 0 Å². The van der Waals surface area contributed by atoms with Crippen molar-refractivity contribution >= 4 is 99.5 Å². The molecular formula is C58H48N2O2. The third kappa shape index (κ3) is 6.04. The van der Waals surface area contributed by atoms with E-state index in [9.17, 15) is 0 Å². The molecule has 302 valence electrons. The molecule has 0 amide bonds. The Morgan fingerprint density at radius 1 is 0.290 bits per heavy atom. The Balaban J connectivity index is 1.01. The minimum atomic E-state index is 0.853. The Labute approximate surface area is 362 Å². The minimum Gasteiger partial charge on any atom is -0.456 e. The van der Waals surface area contributed by atoms with Crippen LogP contribution in [0.2, 0.25) is 0 Å². The molecule has 4 nitrogen and oxygen atoms in total. The quantitative estimate of drug-likeness (QED) is 0.168. The molecule has 62 heavy (non-hydrogen) atoms. The number of fused-ring (bicyclic) bond motifs is 8. The molecule has 0 atom stereocenters. The predicted molar refractivity (Wildman–Crippen MR) is 263 cm³/mol. The van der Waals surface area contributed by atoms with E-state index in [0.717, 1.165) is 88.2 Å². The lowest BCUT2D eigenvalue weighted by Crippen LogP contribution is -2.12. The second kappa shape index (κ2) is 14.1. The first-order valence-corrected chi connectivity index (χ1v) is 21.6. The van der Waals surface area contributed by atoms with Gasteiger partial charge in [0, 0.05) is 55.7 Å². The summed E-state index contributed by atoms with van der Waals surface area (Å²) in [4.78, 5) is 4.75. The van der Waals surface area contributed by atoms with Gasteiger partial charge in [0.05, 0.1) is 0 Å². The molecule has 0 aliphatic carbocycles. The number of hydrogen-bond acceptors (Lipinski definition) is 4. The first-order chi connectivity index (χ1) is 30.0. The first kappa shape index (κ1) is 37.7. The Morgan fingerprint density at radius 2 is 0.645 bits per heavy atom. The summed E-state index contributed by atoms with van der Waals surface area (Å²) in [5.74, 6) is 0. The highest BCUT2D eigenvalue weighted by Gasteiger charge is 2.21. The van der Waals surface area contributed by atoms with E-state index in [1.165, 1.54) is 55.9 Å². The molecule has 2 aromatic heterocycles. The van der Waals surface area contributed by atoms with Crippen molar-refractivity contribution in [3.63, 3.8) is 0 Å². The van der Waals surface area contributed by atoms with Gasteiger partial charge in [0.25, 0.3) is 0 Å². The van der Waals surface area contributed by atoms with E-state index >= 15 is 0 Å². The largest absolute Gasteiger partial charge is 0.456 e. The van der Waals surface area contributed by atoms with Gasteiger partial charge in [-0.3, -0.25) is 0 Å². The van der Waals surface area contributed by atoms with E-state index in [-0.39, 0.29) is 0 Å². The van der Waals surface area contributed by atoms with Gasteiger partial charge in [0.1, 0.15) is 22.3 Å². The van der Waals surface area contributed by atoms with Gasteiger partial charge in [0.2, 0.25) is 0 Å². The Kier molecular flexibility index (Phi) is 8.59. The molecule has 11 aromatic rings. The second-order valence-corrected chi connectivity index (χ2v) is 17.5. The van der Waals surface area contributed by atoms with Crippen molar-refractivity contribution in [2.45, 2.75) is 55.4 Å². The van der Waals surface area contributed by atoms with Gasteiger partial charge in [-0.15, -0.1) is 0 Å². The number of anilines is 6. The lowest BCUT2D eigenvalue weighted by molar-refractivity contribution is 0.664. The van der Waals surface area contributed by atoms with Gasteiger partial charge in [-0.05, 0) is 207 Å². The number of hydrogen-bond donors (Lipinski definition) is 0. The summed E-state index contributed by atoms with van der Waals surface area (Å²) in [6.45, 7) is 17.5. The standard InChI is InChI=1S/C58H48N2O2/c1-33-9-17-45(18-10-33)59(53-23-13-35(3)37(5)39(53)7)47-21-15-41-27-49-51-31-58-52(32-57(51)61-55(49)29-43(41)25-47)50-28-42-16-22-48(26-44(42)30-56(50)62-58)60(46-19-11-34(2)12-20-46)54-24-14-36(4)38(6)40(54)8/h9-32H,1-8H3. The van der Waals surface area contributed by atoms with Crippen LogP contribution in [0.4, 0.5) is 34.1 Å². The summed E-state index contributed by atoms with van der Waals surface area (Å²) in [7, 11) is 0. The molecule has 0 aliphatic heterocycles. The molecule has 0 bridgehead atoms. The zero-order valence-electron chi connectivity index (χ0n) is 36.6. The predicted octanol–water partition coefficient (Wildman–Crippen LogP) is 17.2. The van der Waals surface area contributed by atoms with E-state index in [4.69, 9.17) is 8.83 Å². The molecule has 0 aliphatic rings. The Morgan fingerprint density at radius 3 is 1.05 bits per heavy atom. The molecule has 4 heteroatoms. The molecule has 0 radical (unpaired) electrons. The summed E-state index contributed by atoms with van der Waals surface area (Å²) in [5, 5.41) is 8.83. The fourth-order valence-corrected chi connectivity index (χ4v) is 9.39. The molecule has 9 aromatic carbocycles. The number of nitrogens with zero attached hydrogens (tertiary/aromatic N) is 2. The van der Waals surface area contributed by atoms with Gasteiger partial charge in [-0.1, -0.05) is 59.7 Å². The Hall–Kier alpha value is -7.30. The smallest absolute Gasteiger partial charge is 0.136 e. The zero-order valence-corrected chi connectivity index (χ0v) is 36.6. The molecule has 2 heterocycles. The summed E-state index contributed by atoms with van der Waals surface area (Å²) >= 11 is 0. The normalized spacial score (nSPS) is 11.9. The van der Waals surface area contributed by atoms with Crippen LogP contribution in [0.1, 0.15) is 44.5 Å². The average molecular weight is 805 g/mol. The molecule has 0 unspecified atom stereocenters. The van der Waals surface area contributed by atoms with Crippen LogP contribution in [0.25, 0.3) is 65.4 Å². The van der Waals surface area contributed by atoms with E-state index in [2.05, 4.69) is 211 Å². The third-order valence-corrected chi connectivity index (χ3v) is 13.6. The SMILES string of the molecule is Cc1ccc(N(c2ccc3cc4c(cc3c2)oc2cc3c(cc24)oc2cc4cc(N(c5ccc(C)cc5)c5ccc(C)c(C)c5C)ccc4cc23)c2ccc(C)c(C)c2C)cc1. The van der Waals surface area contributed by atoms with E-state index < -0.39 is 0 Å². The van der Waals surface area contributed by atoms with Crippen LogP contribution in [0.15, 0.2) is 154 Å². The van der Waals surface area contributed by atoms with Crippen LogP contribution in [-0.4, -0.2) is 0 Å². The number of furan rings is 2. The summed E-state index contributed by atoms with van der Waals surface area (Å²) in [6.07, 6.45) is 0. The van der Waals surface area contributed by atoms with Gasteiger partial charge in [-0.2, -0.15) is 0 Å². The first-order valence-electron chi connectivity index (χ1n) is 21.6. The maximum Gasteiger partial charge on any atom is 0.136 e. The van der Waals surface area contributed by atoms with Crippen molar-refractivity contribution in [2.24, 2.45) is 0 Å². The van der Waals surface area contributed by atoms with Crippen molar-refractivity contribution in [3.05, 3.63) is 190 Å². The zero-order chi connectivity index (χ0) is 42.6.